The van der Waals surface area contributed by atoms with Crippen LogP contribution in [0.4, 0.5) is 14.5 Å². The SMILES string of the molecule is CCNC(=O)[C@H](C)N(Cc1cccc(C)c1)C(=O)CN(c1ccc(F)c(F)c1)S(C)(=O)=O. The fourth-order valence-electron chi connectivity index (χ4n) is 3.17. The maximum Gasteiger partial charge on any atom is 0.244 e. The summed E-state index contributed by atoms with van der Waals surface area (Å²) in [6.07, 6.45) is 0.861. The lowest BCUT2D eigenvalue weighted by Crippen LogP contribution is -2.51. The molecule has 0 heterocycles. The average Bonchev–Trinajstić information content (AvgIpc) is 2.71. The van der Waals surface area contributed by atoms with E-state index >= 15 is 0 Å². The Labute approximate surface area is 187 Å². The summed E-state index contributed by atoms with van der Waals surface area (Å²) in [6.45, 7) is 4.91. The molecule has 2 aromatic rings. The minimum Gasteiger partial charge on any atom is -0.355 e. The second kappa shape index (κ2) is 10.5. The molecule has 0 spiro atoms. The predicted octanol–water partition coefficient (Wildman–Crippen LogP) is 2.59. The average molecular weight is 468 g/mol. The highest BCUT2D eigenvalue weighted by atomic mass is 32.2. The predicted molar refractivity (Wildman–Crippen MR) is 118 cm³/mol. The molecule has 10 heteroatoms. The molecule has 7 nitrogen and oxygen atoms in total. The third kappa shape index (κ3) is 6.49. The quantitative estimate of drug-likeness (QED) is 0.614. The van der Waals surface area contributed by atoms with Crippen LogP contribution in [-0.2, 0) is 26.2 Å². The van der Waals surface area contributed by atoms with Crippen molar-refractivity contribution in [1.29, 1.82) is 0 Å². The number of hydrogen-bond acceptors (Lipinski definition) is 4. The smallest absolute Gasteiger partial charge is 0.244 e. The van der Waals surface area contributed by atoms with Crippen LogP contribution in [-0.4, -0.2) is 50.5 Å². The normalized spacial score (nSPS) is 12.2. The molecule has 174 valence electrons. The van der Waals surface area contributed by atoms with Crippen LogP contribution in [0.2, 0.25) is 0 Å². The highest BCUT2D eigenvalue weighted by Gasteiger charge is 2.30. The number of aryl methyl sites for hydroxylation is 1. The van der Waals surface area contributed by atoms with Crippen molar-refractivity contribution >= 4 is 27.5 Å². The number of carbonyl (C=O) groups is 2. The zero-order valence-electron chi connectivity index (χ0n) is 18.4. The molecule has 1 atom stereocenters. The van der Waals surface area contributed by atoms with E-state index in [-0.39, 0.29) is 12.2 Å². The lowest BCUT2D eigenvalue weighted by Gasteiger charge is -2.31. The highest BCUT2D eigenvalue weighted by Crippen LogP contribution is 2.21. The molecule has 0 aliphatic carbocycles. The van der Waals surface area contributed by atoms with Gasteiger partial charge in [0.05, 0.1) is 11.9 Å². The maximum atomic E-state index is 13.7. The van der Waals surface area contributed by atoms with Gasteiger partial charge in [-0.1, -0.05) is 29.8 Å². The largest absolute Gasteiger partial charge is 0.355 e. The minimum absolute atomic E-state index is 0.0637. The lowest BCUT2D eigenvalue weighted by molar-refractivity contribution is -0.139. The van der Waals surface area contributed by atoms with E-state index in [1.807, 2.05) is 25.1 Å². The standard InChI is InChI=1S/C22H27F2N3O4S/c1-5-25-22(29)16(3)26(13-17-8-6-7-15(2)11-17)21(28)14-27(32(4,30)31)18-9-10-19(23)20(24)12-18/h6-12,16H,5,13-14H2,1-4H3,(H,25,29)/t16-/m0/s1. The molecule has 32 heavy (non-hydrogen) atoms. The summed E-state index contributed by atoms with van der Waals surface area (Å²) in [6, 6.07) is 9.03. The molecule has 0 saturated carbocycles. The monoisotopic (exact) mass is 467 g/mol. The fraction of sp³-hybridized carbons (Fsp3) is 0.364. The number of benzene rings is 2. The summed E-state index contributed by atoms with van der Waals surface area (Å²) < 4.78 is 52.4. The number of likely N-dealkylation sites (N-methyl/N-ethyl adjacent to an activating group) is 1. The molecule has 0 radical (unpaired) electrons. The number of nitrogens with one attached hydrogen (secondary N) is 1. The van der Waals surface area contributed by atoms with E-state index in [9.17, 15) is 26.8 Å². The fourth-order valence-corrected chi connectivity index (χ4v) is 4.01. The Bertz CT molecular complexity index is 1090. The molecule has 0 fully saturated rings. The van der Waals surface area contributed by atoms with Crippen molar-refractivity contribution < 1.29 is 26.8 Å². The molecule has 2 rings (SSSR count). The Hall–Kier alpha value is -3.01. The van der Waals surface area contributed by atoms with Crippen LogP contribution in [0.15, 0.2) is 42.5 Å². The Morgan fingerprint density at radius 2 is 1.78 bits per heavy atom. The summed E-state index contributed by atoms with van der Waals surface area (Å²) in [7, 11) is -4.02. The third-order valence-corrected chi connectivity index (χ3v) is 5.96. The molecule has 0 aromatic heterocycles. The Kier molecular flexibility index (Phi) is 8.31. The van der Waals surface area contributed by atoms with Gasteiger partial charge in [0.15, 0.2) is 11.6 Å². The first-order chi connectivity index (χ1) is 14.9. The van der Waals surface area contributed by atoms with E-state index in [0.717, 1.165) is 29.5 Å². The number of hydrogen-bond donors (Lipinski definition) is 1. The lowest BCUT2D eigenvalue weighted by atomic mass is 10.1. The van der Waals surface area contributed by atoms with E-state index in [2.05, 4.69) is 5.32 Å². The third-order valence-electron chi connectivity index (χ3n) is 4.82. The van der Waals surface area contributed by atoms with Crippen LogP contribution in [0.1, 0.15) is 25.0 Å². The summed E-state index contributed by atoms with van der Waals surface area (Å²) in [4.78, 5) is 27.0. The molecule has 0 unspecified atom stereocenters. The van der Waals surface area contributed by atoms with E-state index < -0.39 is 46.1 Å². The van der Waals surface area contributed by atoms with E-state index in [0.29, 0.717) is 16.9 Å². The van der Waals surface area contributed by atoms with Crippen molar-refractivity contribution in [3.8, 4) is 0 Å². The van der Waals surface area contributed by atoms with Crippen molar-refractivity contribution in [1.82, 2.24) is 10.2 Å². The Balaban J connectivity index is 2.40. The second-order valence-electron chi connectivity index (χ2n) is 7.45. The van der Waals surface area contributed by atoms with Gasteiger partial charge in [-0.2, -0.15) is 0 Å². The van der Waals surface area contributed by atoms with Gasteiger partial charge in [0.25, 0.3) is 0 Å². The number of anilines is 1. The minimum atomic E-state index is -4.02. The van der Waals surface area contributed by atoms with E-state index in [4.69, 9.17) is 0 Å². The van der Waals surface area contributed by atoms with Crippen molar-refractivity contribution in [2.75, 3.05) is 23.7 Å². The van der Waals surface area contributed by atoms with Crippen molar-refractivity contribution in [2.45, 2.75) is 33.4 Å². The number of amides is 2. The van der Waals surface area contributed by atoms with Gasteiger partial charge in [-0.3, -0.25) is 13.9 Å². The van der Waals surface area contributed by atoms with Gasteiger partial charge in [0.1, 0.15) is 12.6 Å². The number of rotatable bonds is 9. The van der Waals surface area contributed by atoms with Gasteiger partial charge in [0, 0.05) is 19.2 Å². The van der Waals surface area contributed by atoms with Gasteiger partial charge >= 0.3 is 0 Å². The molecule has 1 N–H and O–H groups in total. The van der Waals surface area contributed by atoms with E-state index in [1.54, 1.807) is 19.9 Å². The van der Waals surface area contributed by atoms with Crippen molar-refractivity contribution in [3.63, 3.8) is 0 Å². The first-order valence-corrected chi connectivity index (χ1v) is 11.8. The number of nitrogens with zero attached hydrogens (tertiary/aromatic N) is 2. The molecular formula is C22H27F2N3O4S. The van der Waals surface area contributed by atoms with Crippen LogP contribution in [0.5, 0.6) is 0 Å². The maximum absolute atomic E-state index is 13.7. The first kappa shape index (κ1) is 25.3. The van der Waals surface area contributed by atoms with Crippen LogP contribution < -0.4 is 9.62 Å². The highest BCUT2D eigenvalue weighted by molar-refractivity contribution is 7.92. The van der Waals surface area contributed by atoms with Gasteiger partial charge in [-0.25, -0.2) is 17.2 Å². The Morgan fingerprint density at radius 1 is 1.09 bits per heavy atom. The summed E-state index contributed by atoms with van der Waals surface area (Å²) in [5.41, 5.74) is 1.52. The molecule has 2 aromatic carbocycles. The summed E-state index contributed by atoms with van der Waals surface area (Å²) in [5, 5.41) is 2.65. The Morgan fingerprint density at radius 3 is 2.34 bits per heavy atom. The van der Waals surface area contributed by atoms with Crippen LogP contribution >= 0.6 is 0 Å². The first-order valence-electron chi connectivity index (χ1n) is 9.99. The van der Waals surface area contributed by atoms with Gasteiger partial charge in [-0.15, -0.1) is 0 Å². The molecule has 0 aliphatic rings. The topological polar surface area (TPSA) is 86.8 Å². The van der Waals surface area contributed by atoms with Crippen LogP contribution in [0.25, 0.3) is 0 Å². The van der Waals surface area contributed by atoms with Crippen molar-refractivity contribution in [2.24, 2.45) is 0 Å². The molecule has 2 amide bonds. The number of carbonyl (C=O) groups excluding carboxylic acids is 2. The zero-order valence-corrected chi connectivity index (χ0v) is 19.2. The van der Waals surface area contributed by atoms with Crippen molar-refractivity contribution in [3.05, 3.63) is 65.2 Å². The second-order valence-corrected chi connectivity index (χ2v) is 9.36. The van der Waals surface area contributed by atoms with Crippen LogP contribution in [0, 0.1) is 18.6 Å². The summed E-state index contributed by atoms with van der Waals surface area (Å²) in [5.74, 6) is -3.44. The summed E-state index contributed by atoms with van der Waals surface area (Å²) >= 11 is 0. The molecular weight excluding hydrogens is 440 g/mol. The number of halogens is 2. The van der Waals surface area contributed by atoms with Gasteiger partial charge < -0.3 is 10.2 Å². The van der Waals surface area contributed by atoms with Gasteiger partial charge in [-0.05, 0) is 38.5 Å². The zero-order chi connectivity index (χ0) is 24.1. The number of sulfonamides is 1. The molecule has 0 bridgehead atoms. The molecule has 0 saturated heterocycles. The van der Waals surface area contributed by atoms with E-state index in [1.165, 1.54) is 4.90 Å². The van der Waals surface area contributed by atoms with Crippen LogP contribution in [0.3, 0.4) is 0 Å². The van der Waals surface area contributed by atoms with Gasteiger partial charge in [0.2, 0.25) is 21.8 Å². The molecule has 0 aliphatic heterocycles.